The average Bonchev–Trinajstić information content (AvgIpc) is 2.91. The fraction of sp³-hybridized carbons (Fsp3) is 0.250. The number of aromatic nitrogens is 2. The molecular weight excluding hydrogens is 248 g/mol. The first-order chi connectivity index (χ1) is 9.19. The van der Waals surface area contributed by atoms with Crippen LogP contribution in [0.3, 0.4) is 0 Å². The van der Waals surface area contributed by atoms with Gasteiger partial charge in [-0.15, -0.1) is 0 Å². The Morgan fingerprint density at radius 1 is 1.47 bits per heavy atom. The number of nitrogens with one attached hydrogen (secondary N) is 1. The molecule has 3 N–H and O–H groups in total. The smallest absolute Gasteiger partial charge is 0.251 e. The van der Waals surface area contributed by atoms with E-state index >= 15 is 0 Å². The molecular formula is C12H14N4O3. The maximum Gasteiger partial charge on any atom is 0.251 e. The Morgan fingerprint density at radius 3 is 3.00 bits per heavy atom. The third kappa shape index (κ3) is 3.44. The first-order valence-electron chi connectivity index (χ1n) is 5.67. The molecule has 0 saturated carbocycles. The van der Waals surface area contributed by atoms with Crippen LogP contribution < -0.4 is 15.8 Å². The summed E-state index contributed by atoms with van der Waals surface area (Å²) in [4.78, 5) is 15.8. The monoisotopic (exact) mass is 262 g/mol. The lowest BCUT2D eigenvalue weighted by Gasteiger charge is -2.07. The average molecular weight is 262 g/mol. The number of nitrogens with zero attached hydrogens (tertiary/aromatic N) is 2. The molecule has 100 valence electrons. The number of nitrogens with two attached hydrogens (primary N) is 1. The number of methoxy groups -OCH3 is 1. The van der Waals surface area contributed by atoms with Gasteiger partial charge in [-0.05, 0) is 12.1 Å². The lowest BCUT2D eigenvalue weighted by molar-refractivity contribution is 0.0953. The largest absolute Gasteiger partial charge is 0.497 e. The van der Waals surface area contributed by atoms with Gasteiger partial charge < -0.3 is 20.3 Å². The molecule has 7 nitrogen and oxygen atoms in total. The van der Waals surface area contributed by atoms with Crippen LogP contribution in [0, 0.1) is 0 Å². The van der Waals surface area contributed by atoms with Crippen molar-refractivity contribution in [2.45, 2.75) is 6.42 Å². The van der Waals surface area contributed by atoms with Gasteiger partial charge in [-0.25, -0.2) is 0 Å². The maximum atomic E-state index is 11.9. The zero-order chi connectivity index (χ0) is 13.7. The minimum atomic E-state index is -0.231. The van der Waals surface area contributed by atoms with E-state index in [1.165, 1.54) is 13.4 Å². The Balaban J connectivity index is 1.94. The number of hydrogen-bond donors (Lipinski definition) is 2. The lowest BCUT2D eigenvalue weighted by Crippen LogP contribution is -2.25. The molecule has 1 amide bonds. The van der Waals surface area contributed by atoms with Crippen molar-refractivity contribution in [2.24, 2.45) is 0 Å². The van der Waals surface area contributed by atoms with Crippen molar-refractivity contribution < 1.29 is 14.1 Å². The molecule has 0 bridgehead atoms. The predicted octanol–water partition coefficient (Wildman–Crippen LogP) is 0.633. The van der Waals surface area contributed by atoms with E-state index in [0.29, 0.717) is 35.9 Å². The number of anilines is 1. The SMILES string of the molecule is COc1cc(N)cc(C(=O)NCCc2ncno2)c1. The number of carbonyl (C=O) groups is 1. The number of amides is 1. The molecule has 2 aromatic rings. The first-order valence-corrected chi connectivity index (χ1v) is 5.67. The Labute approximate surface area is 109 Å². The fourth-order valence-corrected chi connectivity index (χ4v) is 1.56. The van der Waals surface area contributed by atoms with Crippen LogP contribution in [0.15, 0.2) is 29.0 Å². The van der Waals surface area contributed by atoms with Crippen molar-refractivity contribution in [2.75, 3.05) is 19.4 Å². The van der Waals surface area contributed by atoms with Crippen molar-refractivity contribution in [1.29, 1.82) is 0 Å². The van der Waals surface area contributed by atoms with Crippen LogP contribution in [0.1, 0.15) is 16.2 Å². The molecule has 0 saturated heterocycles. The number of rotatable bonds is 5. The number of carbonyl (C=O) groups excluding carboxylic acids is 1. The molecule has 1 heterocycles. The number of benzene rings is 1. The molecule has 19 heavy (non-hydrogen) atoms. The molecule has 1 aromatic heterocycles. The molecule has 0 spiro atoms. The molecule has 2 rings (SSSR count). The van der Waals surface area contributed by atoms with E-state index < -0.39 is 0 Å². The lowest BCUT2D eigenvalue weighted by atomic mass is 10.1. The summed E-state index contributed by atoms with van der Waals surface area (Å²) in [5.74, 6) is 0.789. The Hall–Kier alpha value is -2.57. The van der Waals surface area contributed by atoms with Gasteiger partial charge in [0.25, 0.3) is 5.91 Å². The molecule has 0 fully saturated rings. The normalized spacial score (nSPS) is 10.2. The van der Waals surface area contributed by atoms with E-state index in [1.54, 1.807) is 18.2 Å². The van der Waals surface area contributed by atoms with Crippen molar-refractivity contribution in [1.82, 2.24) is 15.5 Å². The molecule has 0 aliphatic rings. The van der Waals surface area contributed by atoms with Crippen LogP contribution in [-0.4, -0.2) is 29.7 Å². The summed E-state index contributed by atoms with van der Waals surface area (Å²) in [5.41, 5.74) is 6.61. The molecule has 0 unspecified atom stereocenters. The van der Waals surface area contributed by atoms with Crippen LogP contribution in [0.2, 0.25) is 0 Å². The van der Waals surface area contributed by atoms with Gasteiger partial charge in [0.15, 0.2) is 6.33 Å². The zero-order valence-corrected chi connectivity index (χ0v) is 10.4. The van der Waals surface area contributed by atoms with E-state index in [1.807, 2.05) is 0 Å². The van der Waals surface area contributed by atoms with E-state index in [0.717, 1.165) is 0 Å². The second kappa shape index (κ2) is 5.85. The van der Waals surface area contributed by atoms with Gasteiger partial charge >= 0.3 is 0 Å². The Bertz CT molecular complexity index is 554. The summed E-state index contributed by atoms with van der Waals surface area (Å²) in [5, 5.41) is 6.22. The highest BCUT2D eigenvalue weighted by Gasteiger charge is 2.08. The molecule has 0 radical (unpaired) electrons. The predicted molar refractivity (Wildman–Crippen MR) is 67.7 cm³/mol. The van der Waals surface area contributed by atoms with Crippen molar-refractivity contribution in [3.63, 3.8) is 0 Å². The van der Waals surface area contributed by atoms with Crippen LogP contribution in [-0.2, 0) is 6.42 Å². The van der Waals surface area contributed by atoms with E-state index in [9.17, 15) is 4.79 Å². The highest BCUT2D eigenvalue weighted by atomic mass is 16.5. The van der Waals surface area contributed by atoms with Gasteiger partial charge in [0, 0.05) is 30.3 Å². The third-order valence-corrected chi connectivity index (χ3v) is 2.46. The van der Waals surface area contributed by atoms with E-state index in [2.05, 4.69) is 15.5 Å². The minimum absolute atomic E-state index is 0.231. The Kier molecular flexibility index (Phi) is 3.97. The number of ether oxygens (including phenoxy) is 1. The minimum Gasteiger partial charge on any atom is -0.497 e. The van der Waals surface area contributed by atoms with Gasteiger partial charge in [-0.1, -0.05) is 5.16 Å². The van der Waals surface area contributed by atoms with Crippen LogP contribution in [0.25, 0.3) is 0 Å². The van der Waals surface area contributed by atoms with Gasteiger partial charge in [-0.3, -0.25) is 4.79 Å². The topological polar surface area (TPSA) is 103 Å². The summed E-state index contributed by atoms with van der Waals surface area (Å²) in [6.07, 6.45) is 1.80. The van der Waals surface area contributed by atoms with E-state index in [4.69, 9.17) is 15.0 Å². The highest BCUT2D eigenvalue weighted by molar-refractivity contribution is 5.95. The summed E-state index contributed by atoms with van der Waals surface area (Å²) in [6, 6.07) is 4.86. The van der Waals surface area contributed by atoms with Gasteiger partial charge in [0.1, 0.15) is 5.75 Å². The second-order valence-electron chi connectivity index (χ2n) is 3.84. The van der Waals surface area contributed by atoms with Crippen LogP contribution in [0.4, 0.5) is 5.69 Å². The maximum absolute atomic E-state index is 11.9. The van der Waals surface area contributed by atoms with Crippen molar-refractivity contribution >= 4 is 11.6 Å². The number of hydrogen-bond acceptors (Lipinski definition) is 6. The van der Waals surface area contributed by atoms with Gasteiger partial charge in [0.05, 0.1) is 7.11 Å². The Morgan fingerprint density at radius 2 is 2.32 bits per heavy atom. The first kappa shape index (κ1) is 12.9. The fourth-order valence-electron chi connectivity index (χ4n) is 1.56. The van der Waals surface area contributed by atoms with Crippen LogP contribution in [0.5, 0.6) is 5.75 Å². The summed E-state index contributed by atoms with van der Waals surface area (Å²) < 4.78 is 9.88. The molecule has 7 heteroatoms. The molecule has 1 aromatic carbocycles. The molecule has 0 aliphatic carbocycles. The van der Waals surface area contributed by atoms with Crippen LogP contribution >= 0.6 is 0 Å². The van der Waals surface area contributed by atoms with Crippen molar-refractivity contribution in [3.05, 3.63) is 36.0 Å². The summed E-state index contributed by atoms with van der Waals surface area (Å²) >= 11 is 0. The quantitative estimate of drug-likeness (QED) is 0.766. The zero-order valence-electron chi connectivity index (χ0n) is 10.4. The van der Waals surface area contributed by atoms with Gasteiger partial charge in [0.2, 0.25) is 5.89 Å². The number of nitrogen functional groups attached to an aromatic ring is 1. The van der Waals surface area contributed by atoms with E-state index in [-0.39, 0.29) is 5.91 Å². The van der Waals surface area contributed by atoms with Crippen molar-refractivity contribution in [3.8, 4) is 5.75 Å². The second-order valence-corrected chi connectivity index (χ2v) is 3.84. The van der Waals surface area contributed by atoms with Gasteiger partial charge in [-0.2, -0.15) is 4.98 Å². The standard InChI is InChI=1S/C12H14N4O3/c1-18-10-5-8(4-9(13)6-10)12(17)14-3-2-11-15-7-16-19-11/h4-7H,2-3,13H2,1H3,(H,14,17). The molecule has 0 aliphatic heterocycles. The highest BCUT2D eigenvalue weighted by Crippen LogP contribution is 2.18. The third-order valence-electron chi connectivity index (χ3n) is 2.46. The summed E-state index contributed by atoms with van der Waals surface area (Å²) in [6.45, 7) is 0.401. The molecule has 0 atom stereocenters. The summed E-state index contributed by atoms with van der Waals surface area (Å²) in [7, 11) is 1.52.